The van der Waals surface area contributed by atoms with Gasteiger partial charge in [0.25, 0.3) is 0 Å². The van der Waals surface area contributed by atoms with Gasteiger partial charge in [-0.1, -0.05) is 0 Å². The summed E-state index contributed by atoms with van der Waals surface area (Å²) in [5.41, 5.74) is 5.34. The monoisotopic (exact) mass is 174 g/mol. The molecule has 3 N–H and O–H groups in total. The minimum atomic E-state index is -0.745. The fourth-order valence-corrected chi connectivity index (χ4v) is 1.10. The van der Waals surface area contributed by atoms with Gasteiger partial charge >= 0.3 is 5.97 Å². The van der Waals surface area contributed by atoms with Crippen molar-refractivity contribution >= 4 is 5.97 Å². The Bertz CT molecular complexity index is 137. The standard InChI is InChI=1S/C8H18N2O2/c1-10(2)7(4-3-5-9)6-8(11)12/h7H,3-6,9H2,1-2H3,(H,11,12). The van der Waals surface area contributed by atoms with E-state index in [1.54, 1.807) is 0 Å². The quantitative estimate of drug-likeness (QED) is 0.600. The highest BCUT2D eigenvalue weighted by Gasteiger charge is 2.14. The van der Waals surface area contributed by atoms with Crippen molar-refractivity contribution in [2.45, 2.75) is 25.3 Å². The van der Waals surface area contributed by atoms with Gasteiger partial charge in [-0.25, -0.2) is 0 Å². The van der Waals surface area contributed by atoms with E-state index in [0.29, 0.717) is 6.54 Å². The van der Waals surface area contributed by atoms with Crippen LogP contribution in [0.4, 0.5) is 0 Å². The smallest absolute Gasteiger partial charge is 0.304 e. The van der Waals surface area contributed by atoms with Gasteiger partial charge in [0.15, 0.2) is 0 Å². The molecular weight excluding hydrogens is 156 g/mol. The summed E-state index contributed by atoms with van der Waals surface area (Å²) in [5, 5.41) is 8.57. The number of carboxylic acid groups (broad SMARTS) is 1. The number of rotatable bonds is 6. The van der Waals surface area contributed by atoms with Gasteiger partial charge in [0.1, 0.15) is 0 Å². The van der Waals surface area contributed by atoms with Crippen LogP contribution in [0.3, 0.4) is 0 Å². The van der Waals surface area contributed by atoms with Crippen LogP contribution in [-0.4, -0.2) is 42.7 Å². The van der Waals surface area contributed by atoms with Crippen molar-refractivity contribution in [1.82, 2.24) is 4.90 Å². The van der Waals surface area contributed by atoms with Crippen molar-refractivity contribution in [3.63, 3.8) is 0 Å². The van der Waals surface area contributed by atoms with Crippen molar-refractivity contribution in [3.05, 3.63) is 0 Å². The van der Waals surface area contributed by atoms with Gasteiger partial charge in [-0.05, 0) is 33.5 Å². The van der Waals surface area contributed by atoms with E-state index in [1.165, 1.54) is 0 Å². The van der Waals surface area contributed by atoms with Gasteiger partial charge in [-0.2, -0.15) is 0 Å². The van der Waals surface area contributed by atoms with E-state index < -0.39 is 5.97 Å². The third-order valence-corrected chi connectivity index (χ3v) is 1.88. The van der Waals surface area contributed by atoms with Crippen LogP contribution in [0.5, 0.6) is 0 Å². The van der Waals surface area contributed by atoms with Crippen molar-refractivity contribution in [3.8, 4) is 0 Å². The van der Waals surface area contributed by atoms with Crippen LogP contribution >= 0.6 is 0 Å². The molecule has 0 aromatic heterocycles. The normalized spacial score (nSPS) is 13.3. The van der Waals surface area contributed by atoms with Gasteiger partial charge in [-0.3, -0.25) is 4.79 Å². The van der Waals surface area contributed by atoms with E-state index >= 15 is 0 Å². The molecule has 0 aliphatic rings. The van der Waals surface area contributed by atoms with Crippen LogP contribution in [0, 0.1) is 0 Å². The zero-order valence-electron chi connectivity index (χ0n) is 7.79. The Hall–Kier alpha value is -0.610. The first-order valence-corrected chi connectivity index (χ1v) is 4.16. The zero-order valence-corrected chi connectivity index (χ0v) is 7.79. The lowest BCUT2D eigenvalue weighted by molar-refractivity contribution is -0.138. The summed E-state index contributed by atoms with van der Waals surface area (Å²) in [6.07, 6.45) is 1.94. The number of nitrogens with two attached hydrogens (primary N) is 1. The van der Waals surface area contributed by atoms with Crippen LogP contribution < -0.4 is 5.73 Å². The van der Waals surface area contributed by atoms with E-state index in [1.807, 2.05) is 19.0 Å². The van der Waals surface area contributed by atoms with Crippen molar-refractivity contribution in [2.24, 2.45) is 5.73 Å². The molecular formula is C8H18N2O2. The van der Waals surface area contributed by atoms with E-state index in [-0.39, 0.29) is 12.5 Å². The molecule has 0 aromatic carbocycles. The van der Waals surface area contributed by atoms with Gasteiger partial charge < -0.3 is 15.7 Å². The number of carbonyl (C=O) groups is 1. The molecule has 0 radical (unpaired) electrons. The van der Waals surface area contributed by atoms with E-state index in [9.17, 15) is 4.79 Å². The second-order valence-electron chi connectivity index (χ2n) is 3.15. The lowest BCUT2D eigenvalue weighted by Crippen LogP contribution is -2.30. The molecule has 4 nitrogen and oxygen atoms in total. The SMILES string of the molecule is CN(C)C(CCCN)CC(=O)O. The summed E-state index contributed by atoms with van der Waals surface area (Å²) in [5.74, 6) is -0.745. The van der Waals surface area contributed by atoms with E-state index in [0.717, 1.165) is 12.8 Å². The lowest BCUT2D eigenvalue weighted by Gasteiger charge is -2.22. The fraction of sp³-hybridized carbons (Fsp3) is 0.875. The zero-order chi connectivity index (χ0) is 9.56. The van der Waals surface area contributed by atoms with Crippen LogP contribution in [-0.2, 0) is 4.79 Å². The molecule has 1 unspecified atom stereocenters. The van der Waals surface area contributed by atoms with Gasteiger partial charge in [0.2, 0.25) is 0 Å². The van der Waals surface area contributed by atoms with E-state index in [4.69, 9.17) is 10.8 Å². The van der Waals surface area contributed by atoms with Gasteiger partial charge in [0.05, 0.1) is 6.42 Å². The maximum atomic E-state index is 10.4. The molecule has 1 atom stereocenters. The van der Waals surface area contributed by atoms with Crippen LogP contribution in [0.15, 0.2) is 0 Å². The molecule has 0 fully saturated rings. The molecule has 0 rings (SSSR count). The second-order valence-corrected chi connectivity index (χ2v) is 3.15. The highest BCUT2D eigenvalue weighted by atomic mass is 16.4. The molecule has 0 aliphatic carbocycles. The number of aliphatic carboxylic acids is 1. The van der Waals surface area contributed by atoms with Crippen molar-refractivity contribution < 1.29 is 9.90 Å². The van der Waals surface area contributed by atoms with Gasteiger partial charge in [0, 0.05) is 6.04 Å². The number of carboxylic acids is 1. The van der Waals surface area contributed by atoms with Crippen molar-refractivity contribution in [2.75, 3.05) is 20.6 Å². The summed E-state index contributed by atoms with van der Waals surface area (Å²) < 4.78 is 0. The maximum absolute atomic E-state index is 10.4. The Morgan fingerprint density at radius 3 is 2.50 bits per heavy atom. The summed E-state index contributed by atoms with van der Waals surface area (Å²) in [6.45, 7) is 0.629. The second kappa shape index (κ2) is 5.97. The highest BCUT2D eigenvalue weighted by Crippen LogP contribution is 2.06. The minimum absolute atomic E-state index is 0.117. The van der Waals surface area contributed by atoms with E-state index in [2.05, 4.69) is 0 Å². The predicted octanol–water partition coefficient (Wildman–Crippen LogP) is 0.130. The number of hydrogen-bond acceptors (Lipinski definition) is 3. The molecule has 0 saturated heterocycles. The number of nitrogens with zero attached hydrogens (tertiary/aromatic N) is 1. The fourth-order valence-electron chi connectivity index (χ4n) is 1.10. The first kappa shape index (κ1) is 11.4. The average Bonchev–Trinajstić information content (AvgIpc) is 1.96. The Kier molecular flexibility index (Phi) is 5.66. The summed E-state index contributed by atoms with van der Waals surface area (Å²) >= 11 is 0. The molecule has 12 heavy (non-hydrogen) atoms. The summed E-state index contributed by atoms with van der Waals surface area (Å²) in [7, 11) is 3.79. The minimum Gasteiger partial charge on any atom is -0.481 e. The molecule has 0 aromatic rings. The molecule has 0 aliphatic heterocycles. The third-order valence-electron chi connectivity index (χ3n) is 1.88. The third kappa shape index (κ3) is 5.09. The number of hydrogen-bond donors (Lipinski definition) is 2. The average molecular weight is 174 g/mol. The lowest BCUT2D eigenvalue weighted by atomic mass is 10.1. The summed E-state index contributed by atoms with van der Waals surface area (Å²) in [6, 6.07) is 0.117. The molecule has 0 saturated carbocycles. The molecule has 0 heterocycles. The Labute approximate surface area is 73.3 Å². The maximum Gasteiger partial charge on any atom is 0.304 e. The molecule has 0 spiro atoms. The summed E-state index contributed by atoms with van der Waals surface area (Å²) in [4.78, 5) is 12.4. The van der Waals surface area contributed by atoms with Crippen LogP contribution in [0.1, 0.15) is 19.3 Å². The Morgan fingerprint density at radius 2 is 2.17 bits per heavy atom. The van der Waals surface area contributed by atoms with Crippen molar-refractivity contribution in [1.29, 1.82) is 0 Å². The molecule has 4 heteroatoms. The first-order chi connectivity index (χ1) is 5.57. The molecule has 0 amide bonds. The largest absolute Gasteiger partial charge is 0.481 e. The highest BCUT2D eigenvalue weighted by molar-refractivity contribution is 5.67. The van der Waals surface area contributed by atoms with Crippen LogP contribution in [0.25, 0.3) is 0 Å². The van der Waals surface area contributed by atoms with Crippen LogP contribution in [0.2, 0.25) is 0 Å². The molecule has 0 bridgehead atoms. The molecule has 72 valence electrons. The topological polar surface area (TPSA) is 66.6 Å². The predicted molar refractivity (Wildman–Crippen MR) is 48.0 cm³/mol. The first-order valence-electron chi connectivity index (χ1n) is 4.16. The Morgan fingerprint density at radius 1 is 1.58 bits per heavy atom. The van der Waals surface area contributed by atoms with Gasteiger partial charge in [-0.15, -0.1) is 0 Å². The Balaban J connectivity index is 3.78.